The fourth-order valence-corrected chi connectivity index (χ4v) is 5.71. The summed E-state index contributed by atoms with van der Waals surface area (Å²) in [4.78, 5) is 53.4. The number of hydrazine groups is 1. The van der Waals surface area contributed by atoms with Crippen molar-refractivity contribution in [2.75, 3.05) is 45.0 Å². The van der Waals surface area contributed by atoms with Gasteiger partial charge in [0.1, 0.15) is 17.1 Å². The van der Waals surface area contributed by atoms with E-state index in [1.165, 1.54) is 18.0 Å². The minimum atomic E-state index is -1.32. The number of β-lactam (4-membered cyclic amide) rings is 1. The van der Waals surface area contributed by atoms with Crippen LogP contribution in [-0.2, 0) is 19.2 Å². The summed E-state index contributed by atoms with van der Waals surface area (Å²) in [5, 5.41) is 20.9. The first-order chi connectivity index (χ1) is 18.3. The van der Waals surface area contributed by atoms with Crippen LogP contribution in [0.25, 0.3) is 0 Å². The van der Waals surface area contributed by atoms with E-state index in [1.54, 1.807) is 12.1 Å². The summed E-state index contributed by atoms with van der Waals surface area (Å²) in [5.74, 6) is -2.16. The average molecular weight is 570 g/mol. The molecule has 2 fully saturated rings. The molecule has 3 aliphatic heterocycles. The zero-order valence-corrected chi connectivity index (χ0v) is 21.8. The molecule has 0 bridgehead atoms. The van der Waals surface area contributed by atoms with Crippen LogP contribution < -0.4 is 16.6 Å². The number of amides is 2. The number of alkyl halides is 1. The minimum Gasteiger partial charge on any atom is -0.477 e. The van der Waals surface area contributed by atoms with Gasteiger partial charge in [-0.25, -0.2) is 19.7 Å². The summed E-state index contributed by atoms with van der Waals surface area (Å²) < 4.78 is 16.3. The van der Waals surface area contributed by atoms with Crippen LogP contribution in [-0.4, -0.2) is 116 Å². The Morgan fingerprint density at radius 3 is 2.82 bits per heavy atom. The zero-order valence-electron chi connectivity index (χ0n) is 20.2. The van der Waals surface area contributed by atoms with E-state index < -0.39 is 41.8 Å². The number of halogens is 1. The number of aromatic nitrogens is 2. The van der Waals surface area contributed by atoms with Gasteiger partial charge in [-0.3, -0.25) is 19.5 Å². The van der Waals surface area contributed by atoms with E-state index in [9.17, 15) is 23.9 Å². The van der Waals surface area contributed by atoms with Crippen molar-refractivity contribution >= 4 is 64.1 Å². The highest BCUT2D eigenvalue weighted by atomic mass is 32.2. The number of carboxylic acids is 1. The smallest absolute Gasteiger partial charge is 0.353 e. The Morgan fingerprint density at radius 1 is 1.39 bits per heavy atom. The number of fused-ring (bicyclic) bond motifs is 1. The van der Waals surface area contributed by atoms with Crippen LogP contribution in [0.1, 0.15) is 12.7 Å². The van der Waals surface area contributed by atoms with Crippen molar-refractivity contribution in [1.29, 1.82) is 0 Å². The second-order valence-electron chi connectivity index (χ2n) is 7.79. The van der Waals surface area contributed by atoms with Gasteiger partial charge in [0.2, 0.25) is 17.5 Å². The van der Waals surface area contributed by atoms with Crippen molar-refractivity contribution in [3.8, 4) is 0 Å². The molecule has 3 aliphatic rings. The Kier molecular flexibility index (Phi) is 8.25. The quantitative estimate of drug-likeness (QED) is 0.146. The van der Waals surface area contributed by atoms with Crippen LogP contribution in [0.2, 0.25) is 0 Å². The molecule has 16 nitrogen and oxygen atoms in total. The molecule has 4 rings (SSSR count). The maximum atomic E-state index is 12.9. The van der Waals surface area contributed by atoms with Crippen LogP contribution in [0.4, 0.5) is 9.52 Å². The van der Waals surface area contributed by atoms with Crippen molar-refractivity contribution < 1.29 is 28.7 Å². The molecule has 0 aromatic carbocycles. The summed E-state index contributed by atoms with van der Waals surface area (Å²) in [6, 6.07) is -1.07. The number of rotatable bonds is 10. The molecule has 0 radical (unpaired) electrons. The lowest BCUT2D eigenvalue weighted by Gasteiger charge is -2.49. The van der Waals surface area contributed by atoms with Gasteiger partial charge in [-0.2, -0.15) is 14.5 Å². The molecular weight excluding hydrogens is 545 g/mol. The Labute approximate surface area is 223 Å². The number of carbonyl (C=O) groups excluding carboxylic acids is 2. The van der Waals surface area contributed by atoms with Crippen LogP contribution in [0.15, 0.2) is 26.5 Å². The number of nitrogens with two attached hydrogens (primary N) is 1. The molecule has 2 saturated heterocycles. The van der Waals surface area contributed by atoms with E-state index >= 15 is 0 Å². The topological polar surface area (TPSA) is 203 Å². The standard InChI is InChI=1S/C19H24FN11O5S2/c1-3-29-4-5-30(19(29)22-2)28-23-6-9-7-37-16-11(15(33)31(16)12(9)17(34)35)24-14(32)10(26-36-8-20)13-25-18(21)38-27-13/h6,11,16,28H,3-5,7-8H2,1-2H3,(H,24,32)(H,34,35)(H2,21,25,27)/b22-19?,23-6+,26-10-. The highest BCUT2D eigenvalue weighted by Gasteiger charge is 2.54. The van der Waals surface area contributed by atoms with Crippen molar-refractivity contribution in [3.63, 3.8) is 0 Å². The molecule has 0 spiro atoms. The predicted octanol–water partition coefficient (Wildman–Crippen LogP) is -1.38. The Hall–Kier alpha value is -4.00. The van der Waals surface area contributed by atoms with Gasteiger partial charge >= 0.3 is 5.97 Å². The van der Waals surface area contributed by atoms with E-state index in [-0.39, 0.29) is 22.4 Å². The van der Waals surface area contributed by atoms with Crippen molar-refractivity contribution in [2.45, 2.75) is 18.3 Å². The third kappa shape index (κ3) is 5.19. The molecule has 1 aromatic rings. The van der Waals surface area contributed by atoms with Gasteiger partial charge < -0.3 is 25.9 Å². The normalized spacial score (nSPS) is 22.7. The second kappa shape index (κ2) is 11.6. The maximum Gasteiger partial charge on any atom is 0.353 e. The number of aliphatic carboxylic acids is 1. The Balaban J connectivity index is 1.46. The van der Waals surface area contributed by atoms with Crippen LogP contribution in [0.3, 0.4) is 0 Å². The second-order valence-corrected chi connectivity index (χ2v) is 9.68. The SMILES string of the molecule is CCN1CCN(N/N=C/C2=C(C(=O)O)N3C(=O)C(NC(=O)/C(=N\OCF)c4nsc(N)n4)C3SC2)C1=NC. The minimum absolute atomic E-state index is 0.0417. The third-order valence-corrected chi connectivity index (χ3v) is 7.50. The number of guanidine groups is 1. The average Bonchev–Trinajstić information content (AvgIpc) is 3.52. The van der Waals surface area contributed by atoms with Gasteiger partial charge in [0.25, 0.3) is 18.7 Å². The molecule has 19 heteroatoms. The molecule has 0 aliphatic carbocycles. The monoisotopic (exact) mass is 569 g/mol. The summed E-state index contributed by atoms with van der Waals surface area (Å²) in [6.45, 7) is 2.88. The first-order valence-corrected chi connectivity index (χ1v) is 13.0. The van der Waals surface area contributed by atoms with Crippen LogP contribution in [0, 0.1) is 0 Å². The summed E-state index contributed by atoms with van der Waals surface area (Å²) in [5.41, 5.74) is 7.99. The molecule has 5 N–H and O–H groups in total. The molecule has 204 valence electrons. The Morgan fingerprint density at radius 2 is 2.18 bits per heavy atom. The molecule has 2 amide bonds. The lowest BCUT2D eigenvalue weighted by atomic mass is 10.0. The van der Waals surface area contributed by atoms with Gasteiger partial charge in [-0.15, -0.1) is 11.8 Å². The number of nitrogen functional groups attached to an aromatic ring is 1. The molecule has 38 heavy (non-hydrogen) atoms. The van der Waals surface area contributed by atoms with Gasteiger partial charge in [0.15, 0.2) is 5.13 Å². The number of likely N-dealkylation sites (N-methyl/N-ethyl adjacent to an activating group) is 1. The summed E-state index contributed by atoms with van der Waals surface area (Å²) in [6.07, 6.45) is 1.35. The number of aliphatic imine (C=N–C) groups is 1. The first-order valence-electron chi connectivity index (χ1n) is 11.2. The number of carbonyl (C=O) groups is 3. The largest absolute Gasteiger partial charge is 0.477 e. The molecule has 1 aromatic heterocycles. The molecular formula is C19H24FN11O5S2. The zero-order chi connectivity index (χ0) is 27.4. The predicted molar refractivity (Wildman–Crippen MR) is 137 cm³/mol. The van der Waals surface area contributed by atoms with Gasteiger partial charge in [0, 0.05) is 43.0 Å². The summed E-state index contributed by atoms with van der Waals surface area (Å²) in [7, 11) is 1.67. The van der Waals surface area contributed by atoms with E-state index in [1.807, 2.05) is 6.92 Å². The number of nitrogens with zero attached hydrogens (tertiary/aromatic N) is 8. The van der Waals surface area contributed by atoms with E-state index in [0.717, 1.165) is 29.5 Å². The fourth-order valence-electron chi connectivity index (χ4n) is 3.98. The third-order valence-electron chi connectivity index (χ3n) is 5.66. The van der Waals surface area contributed by atoms with E-state index in [4.69, 9.17) is 5.73 Å². The van der Waals surface area contributed by atoms with Gasteiger partial charge in [0.05, 0.1) is 12.8 Å². The lowest BCUT2D eigenvalue weighted by Crippen LogP contribution is -2.71. The van der Waals surface area contributed by atoms with Crippen molar-refractivity contribution in [3.05, 3.63) is 17.1 Å². The van der Waals surface area contributed by atoms with Crippen molar-refractivity contribution in [1.82, 2.24) is 35.0 Å². The molecule has 2 atom stereocenters. The highest BCUT2D eigenvalue weighted by Crippen LogP contribution is 2.39. The maximum absolute atomic E-state index is 12.9. The van der Waals surface area contributed by atoms with Crippen LogP contribution in [0.5, 0.6) is 0 Å². The number of thioether (sulfide) groups is 1. The molecule has 2 unspecified atom stereocenters. The number of hydrogen-bond donors (Lipinski definition) is 4. The number of carboxylic acid groups (broad SMARTS) is 1. The van der Waals surface area contributed by atoms with Gasteiger partial charge in [-0.1, -0.05) is 5.16 Å². The highest BCUT2D eigenvalue weighted by molar-refractivity contribution is 8.00. The lowest BCUT2D eigenvalue weighted by molar-refractivity contribution is -0.150. The number of hydrogen-bond acceptors (Lipinski definition) is 13. The van der Waals surface area contributed by atoms with Crippen LogP contribution >= 0.6 is 23.3 Å². The number of hydrazone groups is 1. The molecule has 0 saturated carbocycles. The Bertz CT molecular complexity index is 1240. The van der Waals surface area contributed by atoms with Gasteiger partial charge in [-0.05, 0) is 6.92 Å². The fraction of sp³-hybridized carbons (Fsp3) is 0.474. The number of nitrogens with one attached hydrogen (secondary N) is 2. The summed E-state index contributed by atoms with van der Waals surface area (Å²) >= 11 is 2.03. The number of anilines is 1. The first kappa shape index (κ1) is 27.0. The van der Waals surface area contributed by atoms with E-state index in [0.29, 0.717) is 18.1 Å². The number of oxime groups is 1. The van der Waals surface area contributed by atoms with E-state index in [2.05, 4.69) is 45.2 Å². The van der Waals surface area contributed by atoms with Crippen molar-refractivity contribution in [2.24, 2.45) is 15.2 Å². The molecule has 4 heterocycles.